The summed E-state index contributed by atoms with van der Waals surface area (Å²) in [6.07, 6.45) is 1.01. The van der Waals surface area contributed by atoms with E-state index in [4.69, 9.17) is 14.2 Å². The van der Waals surface area contributed by atoms with Gasteiger partial charge in [-0.05, 0) is 32.1 Å². The van der Waals surface area contributed by atoms with E-state index in [1.807, 2.05) is 24.3 Å². The summed E-state index contributed by atoms with van der Waals surface area (Å²) in [6, 6.07) is 7.74. The van der Waals surface area contributed by atoms with Gasteiger partial charge in [0.15, 0.2) is 17.5 Å². The van der Waals surface area contributed by atoms with Crippen LogP contribution in [0.2, 0.25) is 0 Å². The number of likely N-dealkylation sites (N-methyl/N-ethyl adjacent to an activating group) is 1. The zero-order valence-electron chi connectivity index (χ0n) is 15.9. The first-order chi connectivity index (χ1) is 12.2. The number of fused-ring (bicyclic) bond motifs is 1. The lowest BCUT2D eigenvalue weighted by atomic mass is 10.2. The van der Waals surface area contributed by atoms with Gasteiger partial charge in [0.2, 0.25) is 0 Å². The molecule has 7 nitrogen and oxygen atoms in total. The van der Waals surface area contributed by atoms with Crippen molar-refractivity contribution in [2.45, 2.75) is 12.5 Å². The smallest absolute Gasteiger partial charge is 0.191 e. The van der Waals surface area contributed by atoms with Gasteiger partial charge in [-0.25, -0.2) is 0 Å². The maximum Gasteiger partial charge on any atom is 0.191 e. The van der Waals surface area contributed by atoms with Crippen LogP contribution in [0.15, 0.2) is 29.3 Å². The fourth-order valence-corrected chi connectivity index (χ4v) is 2.51. The third kappa shape index (κ3) is 7.96. The average molecular weight is 478 g/mol. The Labute approximate surface area is 173 Å². The highest BCUT2D eigenvalue weighted by atomic mass is 127. The molecule has 1 aromatic rings. The van der Waals surface area contributed by atoms with E-state index in [1.165, 1.54) is 0 Å². The van der Waals surface area contributed by atoms with Gasteiger partial charge in [0.25, 0.3) is 0 Å². The zero-order chi connectivity index (χ0) is 17.9. The van der Waals surface area contributed by atoms with Gasteiger partial charge in [0.1, 0.15) is 12.7 Å². The van der Waals surface area contributed by atoms with Crippen LogP contribution in [0.1, 0.15) is 6.42 Å². The Hall–Kier alpha value is -1.26. The van der Waals surface area contributed by atoms with E-state index < -0.39 is 0 Å². The van der Waals surface area contributed by atoms with Crippen LogP contribution < -0.4 is 20.1 Å². The number of para-hydroxylation sites is 2. The summed E-state index contributed by atoms with van der Waals surface area (Å²) in [6.45, 7) is 4.77. The lowest BCUT2D eigenvalue weighted by Crippen LogP contribution is -2.45. The Balaban J connectivity index is 0.00000338. The van der Waals surface area contributed by atoms with Crippen molar-refractivity contribution in [3.05, 3.63) is 24.3 Å². The lowest BCUT2D eigenvalue weighted by Gasteiger charge is -2.27. The summed E-state index contributed by atoms with van der Waals surface area (Å²) in [4.78, 5) is 6.50. The van der Waals surface area contributed by atoms with Gasteiger partial charge in [0.05, 0.1) is 13.2 Å². The number of nitrogens with zero attached hydrogens (tertiary/aromatic N) is 2. The molecule has 0 bridgehead atoms. The molecule has 1 aliphatic rings. The fraction of sp³-hybridized carbons (Fsp3) is 0.611. The first-order valence-electron chi connectivity index (χ1n) is 8.73. The van der Waals surface area contributed by atoms with E-state index in [0.29, 0.717) is 13.2 Å². The largest absolute Gasteiger partial charge is 0.486 e. The molecular weight excluding hydrogens is 447 g/mol. The van der Waals surface area contributed by atoms with Crippen molar-refractivity contribution in [1.29, 1.82) is 0 Å². The molecule has 0 radical (unpaired) electrons. The molecular formula is C18H31IN4O3. The van der Waals surface area contributed by atoms with Gasteiger partial charge in [-0.15, -0.1) is 24.0 Å². The molecule has 0 aliphatic carbocycles. The molecule has 0 fully saturated rings. The number of rotatable bonds is 9. The number of hydrogen-bond donors (Lipinski definition) is 2. The molecule has 1 aliphatic heterocycles. The van der Waals surface area contributed by atoms with Crippen molar-refractivity contribution in [3.8, 4) is 11.5 Å². The maximum absolute atomic E-state index is 5.93. The SMILES string of the molecule is CN=C(NCCCN(C)CCOC)NCC1COc2ccccc2O1.I. The Bertz CT molecular complexity index is 545. The molecule has 0 saturated carbocycles. The number of methoxy groups -OCH3 is 1. The highest BCUT2D eigenvalue weighted by molar-refractivity contribution is 14.0. The molecule has 0 saturated heterocycles. The maximum atomic E-state index is 5.93. The number of ether oxygens (including phenoxy) is 3. The van der Waals surface area contributed by atoms with E-state index in [2.05, 4.69) is 27.6 Å². The highest BCUT2D eigenvalue weighted by Crippen LogP contribution is 2.30. The molecule has 0 aromatic heterocycles. The number of halogens is 1. The summed E-state index contributed by atoms with van der Waals surface area (Å²) >= 11 is 0. The molecule has 0 spiro atoms. The minimum Gasteiger partial charge on any atom is -0.486 e. The van der Waals surface area contributed by atoms with Crippen LogP contribution in [0.25, 0.3) is 0 Å². The molecule has 2 rings (SSSR count). The van der Waals surface area contributed by atoms with Crippen LogP contribution in [0.3, 0.4) is 0 Å². The van der Waals surface area contributed by atoms with Crippen LogP contribution in [0, 0.1) is 0 Å². The molecule has 1 unspecified atom stereocenters. The monoisotopic (exact) mass is 478 g/mol. The van der Waals surface area contributed by atoms with Crippen LogP contribution in [0.5, 0.6) is 11.5 Å². The lowest BCUT2D eigenvalue weighted by molar-refractivity contribution is 0.0936. The van der Waals surface area contributed by atoms with Crippen molar-refractivity contribution < 1.29 is 14.2 Å². The summed E-state index contributed by atoms with van der Waals surface area (Å²) in [5.74, 6) is 2.38. The predicted octanol–water partition coefficient (Wildman–Crippen LogP) is 1.58. The van der Waals surface area contributed by atoms with E-state index in [0.717, 1.165) is 50.1 Å². The third-order valence-corrected chi connectivity index (χ3v) is 3.97. The van der Waals surface area contributed by atoms with Gasteiger partial charge in [0, 0.05) is 27.2 Å². The zero-order valence-corrected chi connectivity index (χ0v) is 18.2. The fourth-order valence-electron chi connectivity index (χ4n) is 2.51. The molecule has 0 amide bonds. The average Bonchev–Trinajstić information content (AvgIpc) is 2.65. The normalized spacial score (nSPS) is 16.2. The first-order valence-corrected chi connectivity index (χ1v) is 8.73. The minimum atomic E-state index is -0.0337. The van der Waals surface area contributed by atoms with E-state index in [1.54, 1.807) is 14.2 Å². The number of benzene rings is 1. The Morgan fingerprint density at radius 2 is 2.04 bits per heavy atom. The second kappa shape index (κ2) is 13.0. The van der Waals surface area contributed by atoms with Crippen LogP contribution in [-0.2, 0) is 4.74 Å². The van der Waals surface area contributed by atoms with Crippen molar-refractivity contribution in [2.24, 2.45) is 4.99 Å². The number of aliphatic imine (C=N–C) groups is 1. The summed E-state index contributed by atoms with van der Waals surface area (Å²) < 4.78 is 16.7. The van der Waals surface area contributed by atoms with Crippen molar-refractivity contribution >= 4 is 29.9 Å². The molecule has 8 heteroatoms. The quantitative estimate of drug-likeness (QED) is 0.243. The molecule has 1 aromatic carbocycles. The Morgan fingerprint density at radius 3 is 2.77 bits per heavy atom. The Morgan fingerprint density at radius 1 is 1.27 bits per heavy atom. The van der Waals surface area contributed by atoms with Gasteiger partial charge in [-0.3, -0.25) is 4.99 Å². The first kappa shape index (κ1) is 22.8. The van der Waals surface area contributed by atoms with Crippen LogP contribution >= 0.6 is 24.0 Å². The van der Waals surface area contributed by atoms with Gasteiger partial charge < -0.3 is 29.7 Å². The van der Waals surface area contributed by atoms with E-state index in [9.17, 15) is 0 Å². The summed E-state index contributed by atoms with van der Waals surface area (Å²) in [5.41, 5.74) is 0. The molecule has 2 N–H and O–H groups in total. The second-order valence-electron chi connectivity index (χ2n) is 6.03. The van der Waals surface area contributed by atoms with Crippen molar-refractivity contribution in [3.63, 3.8) is 0 Å². The van der Waals surface area contributed by atoms with Gasteiger partial charge >= 0.3 is 0 Å². The summed E-state index contributed by atoms with van der Waals surface area (Å²) in [5, 5.41) is 6.62. The predicted molar refractivity (Wildman–Crippen MR) is 115 cm³/mol. The molecule has 1 atom stereocenters. The van der Waals surface area contributed by atoms with Gasteiger partial charge in [-0.1, -0.05) is 12.1 Å². The topological polar surface area (TPSA) is 67.4 Å². The minimum absolute atomic E-state index is 0. The van der Waals surface area contributed by atoms with Crippen LogP contribution in [0.4, 0.5) is 0 Å². The van der Waals surface area contributed by atoms with Crippen LogP contribution in [-0.4, -0.2) is 77.6 Å². The molecule has 148 valence electrons. The van der Waals surface area contributed by atoms with Gasteiger partial charge in [-0.2, -0.15) is 0 Å². The molecule has 26 heavy (non-hydrogen) atoms. The number of guanidine groups is 1. The molecule has 1 heterocycles. The van der Waals surface area contributed by atoms with E-state index >= 15 is 0 Å². The van der Waals surface area contributed by atoms with Crippen molar-refractivity contribution in [2.75, 3.05) is 60.6 Å². The highest BCUT2D eigenvalue weighted by Gasteiger charge is 2.20. The summed E-state index contributed by atoms with van der Waals surface area (Å²) in [7, 11) is 5.60. The third-order valence-electron chi connectivity index (χ3n) is 3.97. The second-order valence-corrected chi connectivity index (χ2v) is 6.03. The standard InChI is InChI=1S/C18H30N4O3.HI/c1-19-18(20-9-6-10-22(2)11-12-23-3)21-13-15-14-24-16-7-4-5-8-17(16)25-15;/h4-5,7-8,15H,6,9-14H2,1-3H3,(H2,19,20,21);1H. The van der Waals surface area contributed by atoms with Crippen molar-refractivity contribution in [1.82, 2.24) is 15.5 Å². The number of nitrogens with one attached hydrogen (secondary N) is 2. The Kier molecular flexibility index (Phi) is 11.4. The van der Waals surface area contributed by atoms with E-state index in [-0.39, 0.29) is 30.1 Å². The number of hydrogen-bond acceptors (Lipinski definition) is 5.